The molecule has 0 aliphatic rings. The summed E-state index contributed by atoms with van der Waals surface area (Å²) < 4.78 is 1.11. The van der Waals surface area contributed by atoms with Crippen molar-refractivity contribution in [3.8, 4) is 0 Å². The van der Waals surface area contributed by atoms with Gasteiger partial charge in [0.25, 0.3) is 0 Å². The average Bonchev–Trinajstić information content (AvgIpc) is 2.42. The van der Waals surface area contributed by atoms with Crippen molar-refractivity contribution in [1.29, 1.82) is 0 Å². The molecule has 0 aliphatic carbocycles. The second-order valence-electron chi connectivity index (χ2n) is 4.77. The first kappa shape index (κ1) is 15.8. The van der Waals surface area contributed by atoms with E-state index in [4.69, 9.17) is 23.2 Å². The third-order valence-corrected chi connectivity index (χ3v) is 4.48. The molecule has 0 fully saturated rings. The highest BCUT2D eigenvalue weighted by Gasteiger charge is 2.10. The first-order valence-electron chi connectivity index (χ1n) is 6.44. The topological polar surface area (TPSA) is 12.0 Å². The molecular formula is C16H16BrCl2N. The maximum Gasteiger partial charge on any atom is 0.0595 e. The second kappa shape index (κ2) is 7.46. The van der Waals surface area contributed by atoms with Crippen molar-refractivity contribution >= 4 is 39.1 Å². The highest BCUT2D eigenvalue weighted by molar-refractivity contribution is 9.10. The molecule has 0 spiro atoms. The Balaban J connectivity index is 2.07. The van der Waals surface area contributed by atoms with E-state index < -0.39 is 0 Å². The Morgan fingerprint density at radius 2 is 1.70 bits per heavy atom. The minimum atomic E-state index is 0.363. The molecule has 2 rings (SSSR count). The van der Waals surface area contributed by atoms with E-state index in [0.717, 1.165) is 17.3 Å². The molecule has 0 saturated carbocycles. The van der Waals surface area contributed by atoms with E-state index in [1.54, 1.807) is 0 Å². The molecular weight excluding hydrogens is 357 g/mol. The summed E-state index contributed by atoms with van der Waals surface area (Å²) in [6.45, 7) is 0. The Kier molecular flexibility index (Phi) is 5.91. The van der Waals surface area contributed by atoms with Gasteiger partial charge in [0.05, 0.1) is 10.0 Å². The molecule has 0 saturated heterocycles. The van der Waals surface area contributed by atoms with Crippen LogP contribution in [0.1, 0.15) is 11.1 Å². The SMILES string of the molecule is CNC(Cc1cccc(Br)c1)Cc1ccc(Cl)c(Cl)c1. The van der Waals surface area contributed by atoms with Crippen molar-refractivity contribution in [2.24, 2.45) is 0 Å². The second-order valence-corrected chi connectivity index (χ2v) is 6.50. The smallest absolute Gasteiger partial charge is 0.0595 e. The lowest BCUT2D eigenvalue weighted by Crippen LogP contribution is -2.29. The van der Waals surface area contributed by atoms with Crippen molar-refractivity contribution in [1.82, 2.24) is 5.32 Å². The van der Waals surface area contributed by atoms with Crippen LogP contribution in [-0.4, -0.2) is 13.1 Å². The van der Waals surface area contributed by atoms with Crippen LogP contribution in [0.5, 0.6) is 0 Å². The molecule has 1 unspecified atom stereocenters. The zero-order valence-electron chi connectivity index (χ0n) is 11.2. The van der Waals surface area contributed by atoms with Gasteiger partial charge in [0.2, 0.25) is 0 Å². The molecule has 4 heteroatoms. The van der Waals surface area contributed by atoms with Crippen LogP contribution in [0, 0.1) is 0 Å². The Morgan fingerprint density at radius 1 is 1.00 bits per heavy atom. The van der Waals surface area contributed by atoms with Crippen LogP contribution in [0.4, 0.5) is 0 Å². The van der Waals surface area contributed by atoms with Crippen LogP contribution < -0.4 is 5.32 Å². The molecule has 0 aliphatic heterocycles. The van der Waals surface area contributed by atoms with E-state index in [0.29, 0.717) is 16.1 Å². The van der Waals surface area contributed by atoms with E-state index in [2.05, 4.69) is 39.4 Å². The van der Waals surface area contributed by atoms with Gasteiger partial charge in [-0.15, -0.1) is 0 Å². The van der Waals surface area contributed by atoms with Crippen LogP contribution in [0.25, 0.3) is 0 Å². The summed E-state index contributed by atoms with van der Waals surface area (Å²) in [5.41, 5.74) is 2.49. The molecule has 1 atom stereocenters. The number of nitrogens with one attached hydrogen (secondary N) is 1. The monoisotopic (exact) mass is 371 g/mol. The lowest BCUT2D eigenvalue weighted by atomic mass is 9.99. The van der Waals surface area contributed by atoms with E-state index in [1.165, 1.54) is 11.1 Å². The maximum absolute atomic E-state index is 6.06. The van der Waals surface area contributed by atoms with Crippen LogP contribution in [0.3, 0.4) is 0 Å². The molecule has 2 aromatic rings. The lowest BCUT2D eigenvalue weighted by molar-refractivity contribution is 0.556. The molecule has 1 N–H and O–H groups in total. The van der Waals surface area contributed by atoms with Crippen LogP contribution in [0.2, 0.25) is 10.0 Å². The van der Waals surface area contributed by atoms with Gasteiger partial charge in [-0.3, -0.25) is 0 Å². The van der Waals surface area contributed by atoms with Crippen LogP contribution in [0.15, 0.2) is 46.9 Å². The fourth-order valence-electron chi connectivity index (χ4n) is 2.18. The van der Waals surface area contributed by atoms with Crippen LogP contribution in [-0.2, 0) is 12.8 Å². The molecule has 2 aromatic carbocycles. The molecule has 1 nitrogen and oxygen atoms in total. The fourth-order valence-corrected chi connectivity index (χ4v) is 2.94. The van der Waals surface area contributed by atoms with Crippen LogP contribution >= 0.6 is 39.1 Å². The van der Waals surface area contributed by atoms with E-state index >= 15 is 0 Å². The summed E-state index contributed by atoms with van der Waals surface area (Å²) in [6.07, 6.45) is 1.89. The summed E-state index contributed by atoms with van der Waals surface area (Å²) >= 11 is 15.5. The summed E-state index contributed by atoms with van der Waals surface area (Å²) in [7, 11) is 1.99. The number of hydrogen-bond acceptors (Lipinski definition) is 1. The standard InChI is InChI=1S/C16H16BrCl2N/c1-20-14(8-11-3-2-4-13(17)7-11)9-12-5-6-15(18)16(19)10-12/h2-7,10,14,20H,8-9H2,1H3. The molecule has 0 aromatic heterocycles. The van der Waals surface area contributed by atoms with E-state index in [9.17, 15) is 0 Å². The van der Waals surface area contributed by atoms with Gasteiger partial charge in [-0.2, -0.15) is 0 Å². The lowest BCUT2D eigenvalue weighted by Gasteiger charge is -2.17. The van der Waals surface area contributed by atoms with E-state index in [-0.39, 0.29) is 0 Å². The largest absolute Gasteiger partial charge is 0.316 e. The Bertz CT molecular complexity index is 586. The first-order chi connectivity index (χ1) is 9.58. The van der Waals surface area contributed by atoms with Gasteiger partial charge >= 0.3 is 0 Å². The van der Waals surface area contributed by atoms with Crippen molar-refractivity contribution in [3.63, 3.8) is 0 Å². The van der Waals surface area contributed by atoms with Crippen molar-refractivity contribution in [3.05, 3.63) is 68.1 Å². The highest BCUT2D eigenvalue weighted by atomic mass is 79.9. The normalized spacial score (nSPS) is 12.4. The number of hydrogen-bond donors (Lipinski definition) is 1. The predicted molar refractivity (Wildman–Crippen MR) is 90.9 cm³/mol. The number of benzene rings is 2. The number of halogens is 3. The molecule has 106 valence electrons. The quantitative estimate of drug-likeness (QED) is 0.767. The van der Waals surface area contributed by atoms with E-state index in [1.807, 2.05) is 31.3 Å². The predicted octanol–water partition coefficient (Wildman–Crippen LogP) is 5.13. The summed E-state index contributed by atoms with van der Waals surface area (Å²) in [4.78, 5) is 0. The number of likely N-dealkylation sites (N-methyl/N-ethyl adjacent to an activating group) is 1. The molecule has 0 radical (unpaired) electrons. The Labute approximate surface area is 138 Å². The van der Waals surface area contributed by atoms with Gasteiger partial charge in [-0.25, -0.2) is 0 Å². The molecule has 20 heavy (non-hydrogen) atoms. The number of rotatable bonds is 5. The van der Waals surface area contributed by atoms with Crippen molar-refractivity contribution in [2.75, 3.05) is 7.05 Å². The van der Waals surface area contributed by atoms with Gasteiger partial charge in [-0.05, 0) is 55.3 Å². The van der Waals surface area contributed by atoms with Crippen molar-refractivity contribution in [2.45, 2.75) is 18.9 Å². The summed E-state index contributed by atoms with van der Waals surface area (Å²) in [5, 5.41) is 4.57. The van der Waals surface area contributed by atoms with Crippen molar-refractivity contribution < 1.29 is 0 Å². The maximum atomic E-state index is 6.06. The Hall–Kier alpha value is -0.540. The minimum absolute atomic E-state index is 0.363. The molecule has 0 bridgehead atoms. The average molecular weight is 373 g/mol. The molecule has 0 amide bonds. The van der Waals surface area contributed by atoms with Gasteiger partial charge < -0.3 is 5.32 Å². The zero-order valence-corrected chi connectivity index (χ0v) is 14.3. The highest BCUT2D eigenvalue weighted by Crippen LogP contribution is 2.23. The molecule has 0 heterocycles. The summed E-state index contributed by atoms with van der Waals surface area (Å²) in [6, 6.07) is 14.6. The minimum Gasteiger partial charge on any atom is -0.316 e. The third-order valence-electron chi connectivity index (χ3n) is 3.25. The van der Waals surface area contributed by atoms with Gasteiger partial charge in [-0.1, -0.05) is 57.3 Å². The fraction of sp³-hybridized carbons (Fsp3) is 0.250. The van der Waals surface area contributed by atoms with Gasteiger partial charge in [0, 0.05) is 10.5 Å². The van der Waals surface area contributed by atoms with Gasteiger partial charge in [0.15, 0.2) is 0 Å². The Morgan fingerprint density at radius 3 is 2.30 bits per heavy atom. The zero-order chi connectivity index (χ0) is 14.5. The summed E-state index contributed by atoms with van der Waals surface area (Å²) in [5.74, 6) is 0. The third kappa shape index (κ3) is 4.49. The first-order valence-corrected chi connectivity index (χ1v) is 7.99. The van der Waals surface area contributed by atoms with Gasteiger partial charge in [0.1, 0.15) is 0 Å².